The van der Waals surface area contributed by atoms with Gasteiger partial charge in [-0.05, 0) is 66.7 Å². The Morgan fingerprint density at radius 3 is 2.00 bits per heavy atom. The van der Waals surface area contributed by atoms with Crippen molar-refractivity contribution in [3.8, 4) is 11.1 Å². The largest absolute Gasteiger partial charge is 0.0616 e. The summed E-state index contributed by atoms with van der Waals surface area (Å²) in [6.07, 6.45) is 0. The predicted molar refractivity (Wildman–Crippen MR) is 117 cm³/mol. The molecule has 27 heavy (non-hydrogen) atoms. The minimum atomic E-state index is 0.0137. The van der Waals surface area contributed by atoms with Crippen molar-refractivity contribution in [1.82, 2.24) is 0 Å². The molecular formula is C27H20. The number of benzene rings is 5. The van der Waals surface area contributed by atoms with Crippen molar-refractivity contribution < 1.29 is 0 Å². The number of hydrogen-bond donors (Lipinski definition) is 0. The topological polar surface area (TPSA) is 0 Å². The van der Waals surface area contributed by atoms with E-state index in [9.17, 15) is 0 Å². The van der Waals surface area contributed by atoms with Crippen LogP contribution in [0.15, 0.2) is 84.9 Å². The average Bonchev–Trinajstić information content (AvgIpc) is 2.93. The van der Waals surface area contributed by atoms with Gasteiger partial charge in [-0.3, -0.25) is 0 Å². The molecule has 0 aromatic heterocycles. The van der Waals surface area contributed by atoms with Gasteiger partial charge in [-0.15, -0.1) is 0 Å². The van der Waals surface area contributed by atoms with Gasteiger partial charge < -0.3 is 0 Å². The maximum atomic E-state index is 2.40. The molecule has 0 heterocycles. The van der Waals surface area contributed by atoms with E-state index in [1.807, 2.05) is 0 Å². The van der Waals surface area contributed by atoms with E-state index in [0.717, 1.165) is 0 Å². The van der Waals surface area contributed by atoms with E-state index in [0.29, 0.717) is 0 Å². The Bertz CT molecular complexity index is 1390. The Labute approximate surface area is 159 Å². The molecule has 6 rings (SSSR count). The van der Waals surface area contributed by atoms with Gasteiger partial charge in [0.2, 0.25) is 0 Å². The quantitative estimate of drug-likeness (QED) is 0.256. The Morgan fingerprint density at radius 1 is 0.556 bits per heavy atom. The Morgan fingerprint density at radius 2 is 1.19 bits per heavy atom. The van der Waals surface area contributed by atoms with Gasteiger partial charge in [-0.1, -0.05) is 86.6 Å². The summed E-state index contributed by atoms with van der Waals surface area (Å²) in [4.78, 5) is 0. The molecule has 0 nitrogen and oxygen atoms in total. The first kappa shape index (κ1) is 15.0. The van der Waals surface area contributed by atoms with Gasteiger partial charge in [0.15, 0.2) is 0 Å². The minimum absolute atomic E-state index is 0.0137. The van der Waals surface area contributed by atoms with E-state index in [2.05, 4.69) is 98.8 Å². The summed E-state index contributed by atoms with van der Waals surface area (Å²) in [5.74, 6) is 0. The minimum Gasteiger partial charge on any atom is -0.0616 e. The highest BCUT2D eigenvalue weighted by molar-refractivity contribution is 6.17. The van der Waals surface area contributed by atoms with E-state index in [1.54, 1.807) is 0 Å². The molecule has 5 aromatic carbocycles. The zero-order valence-electron chi connectivity index (χ0n) is 15.6. The Balaban J connectivity index is 1.86. The molecule has 0 unspecified atom stereocenters. The van der Waals surface area contributed by atoms with E-state index in [4.69, 9.17) is 0 Å². The molecule has 0 heteroatoms. The molecule has 0 saturated carbocycles. The van der Waals surface area contributed by atoms with Crippen LogP contribution >= 0.6 is 0 Å². The second-order valence-electron chi connectivity index (χ2n) is 8.24. The van der Waals surface area contributed by atoms with Gasteiger partial charge in [0.05, 0.1) is 0 Å². The second kappa shape index (κ2) is 4.98. The lowest BCUT2D eigenvalue weighted by Crippen LogP contribution is -2.14. The lowest BCUT2D eigenvalue weighted by Gasteiger charge is -2.22. The summed E-state index contributed by atoms with van der Waals surface area (Å²) >= 11 is 0. The molecule has 0 radical (unpaired) electrons. The van der Waals surface area contributed by atoms with Crippen LogP contribution in [-0.2, 0) is 5.41 Å². The molecule has 0 saturated heterocycles. The molecule has 0 N–H and O–H groups in total. The third kappa shape index (κ3) is 1.88. The van der Waals surface area contributed by atoms with Crippen molar-refractivity contribution in [3.63, 3.8) is 0 Å². The fraction of sp³-hybridized carbons (Fsp3) is 0.111. The third-order valence-electron chi connectivity index (χ3n) is 6.41. The van der Waals surface area contributed by atoms with Crippen LogP contribution in [-0.4, -0.2) is 0 Å². The summed E-state index contributed by atoms with van der Waals surface area (Å²) in [7, 11) is 0. The summed E-state index contributed by atoms with van der Waals surface area (Å²) in [5, 5.41) is 8.02. The lowest BCUT2D eigenvalue weighted by molar-refractivity contribution is 0.661. The van der Waals surface area contributed by atoms with Gasteiger partial charge in [0.1, 0.15) is 0 Å². The van der Waals surface area contributed by atoms with Crippen LogP contribution in [0.1, 0.15) is 25.0 Å². The number of fused-ring (bicyclic) bond motifs is 8. The zero-order chi connectivity index (χ0) is 18.2. The zero-order valence-corrected chi connectivity index (χ0v) is 15.6. The summed E-state index contributed by atoms with van der Waals surface area (Å²) in [6, 6.07) is 31.4. The van der Waals surface area contributed by atoms with Crippen molar-refractivity contribution in [2.75, 3.05) is 0 Å². The fourth-order valence-corrected chi connectivity index (χ4v) is 5.01. The summed E-state index contributed by atoms with van der Waals surface area (Å²) in [6.45, 7) is 4.73. The monoisotopic (exact) mass is 344 g/mol. The predicted octanol–water partition coefficient (Wildman–Crippen LogP) is 7.45. The second-order valence-corrected chi connectivity index (χ2v) is 8.24. The van der Waals surface area contributed by atoms with E-state index >= 15 is 0 Å². The van der Waals surface area contributed by atoms with Crippen molar-refractivity contribution >= 4 is 32.3 Å². The first-order chi connectivity index (χ1) is 13.1. The van der Waals surface area contributed by atoms with Crippen LogP contribution in [0.3, 0.4) is 0 Å². The van der Waals surface area contributed by atoms with Crippen molar-refractivity contribution in [2.45, 2.75) is 19.3 Å². The summed E-state index contributed by atoms with van der Waals surface area (Å²) in [5.41, 5.74) is 5.72. The molecule has 0 spiro atoms. The SMILES string of the molecule is CC1(C)c2cc3ccccc3cc2-c2c1ccc1ccc3ccccc3c21. The third-order valence-corrected chi connectivity index (χ3v) is 6.41. The average molecular weight is 344 g/mol. The first-order valence-corrected chi connectivity index (χ1v) is 9.63. The maximum absolute atomic E-state index is 2.40. The van der Waals surface area contributed by atoms with Gasteiger partial charge in [0, 0.05) is 5.41 Å². The normalized spacial score (nSPS) is 14.6. The lowest BCUT2D eigenvalue weighted by atomic mass is 9.81. The Hall–Kier alpha value is -3.12. The molecule has 0 bridgehead atoms. The molecule has 0 aliphatic heterocycles. The standard InChI is InChI=1S/C27H20/c1-27(2)23-14-13-18-12-11-17-7-5-6-10-21(17)25(18)26(23)22-15-19-8-3-4-9-20(19)16-24(22)27/h3-16H,1-2H3. The van der Waals surface area contributed by atoms with Gasteiger partial charge >= 0.3 is 0 Å². The maximum Gasteiger partial charge on any atom is 0.0159 e. The molecule has 5 aromatic rings. The molecule has 0 atom stereocenters. The van der Waals surface area contributed by atoms with Crippen molar-refractivity contribution in [3.05, 3.63) is 96.1 Å². The smallest absolute Gasteiger partial charge is 0.0159 e. The highest BCUT2D eigenvalue weighted by atomic mass is 14.4. The van der Waals surface area contributed by atoms with Crippen LogP contribution in [0.5, 0.6) is 0 Å². The molecular weight excluding hydrogens is 324 g/mol. The van der Waals surface area contributed by atoms with E-state index < -0.39 is 0 Å². The molecule has 0 amide bonds. The van der Waals surface area contributed by atoms with Crippen LogP contribution in [0, 0.1) is 0 Å². The van der Waals surface area contributed by atoms with E-state index in [-0.39, 0.29) is 5.41 Å². The van der Waals surface area contributed by atoms with Crippen LogP contribution < -0.4 is 0 Å². The Kier molecular flexibility index (Phi) is 2.77. The highest BCUT2D eigenvalue weighted by Crippen LogP contribution is 2.53. The van der Waals surface area contributed by atoms with Crippen LogP contribution in [0.25, 0.3) is 43.4 Å². The molecule has 1 aliphatic rings. The molecule has 1 aliphatic carbocycles. The van der Waals surface area contributed by atoms with Gasteiger partial charge in [0.25, 0.3) is 0 Å². The van der Waals surface area contributed by atoms with Crippen LogP contribution in [0.2, 0.25) is 0 Å². The fourth-order valence-electron chi connectivity index (χ4n) is 5.01. The van der Waals surface area contributed by atoms with Crippen molar-refractivity contribution in [1.29, 1.82) is 0 Å². The highest BCUT2D eigenvalue weighted by Gasteiger charge is 2.36. The van der Waals surface area contributed by atoms with Crippen molar-refractivity contribution in [2.24, 2.45) is 0 Å². The summed E-state index contributed by atoms with van der Waals surface area (Å²) < 4.78 is 0. The van der Waals surface area contributed by atoms with Crippen LogP contribution in [0.4, 0.5) is 0 Å². The number of rotatable bonds is 0. The van der Waals surface area contributed by atoms with Gasteiger partial charge in [-0.2, -0.15) is 0 Å². The molecule has 128 valence electrons. The first-order valence-electron chi connectivity index (χ1n) is 9.63. The van der Waals surface area contributed by atoms with E-state index in [1.165, 1.54) is 54.6 Å². The number of hydrogen-bond acceptors (Lipinski definition) is 0. The van der Waals surface area contributed by atoms with Gasteiger partial charge in [-0.25, -0.2) is 0 Å². The molecule has 0 fully saturated rings.